The van der Waals surface area contributed by atoms with Gasteiger partial charge in [0.15, 0.2) is 23.9 Å². The highest BCUT2D eigenvalue weighted by molar-refractivity contribution is 7.89. The number of hydrogen-bond donors (Lipinski definition) is 1. The van der Waals surface area contributed by atoms with Gasteiger partial charge in [0.2, 0.25) is 10.0 Å². The normalized spacial score (nSPS) is 11.9. The highest BCUT2D eigenvalue weighted by atomic mass is 32.2. The number of benzene rings is 3. The first-order valence-electron chi connectivity index (χ1n) is 10.4. The molecule has 0 amide bonds. The van der Waals surface area contributed by atoms with Crippen molar-refractivity contribution in [3.8, 4) is 11.5 Å². The van der Waals surface area contributed by atoms with E-state index in [0.29, 0.717) is 22.6 Å². The van der Waals surface area contributed by atoms with Crippen molar-refractivity contribution in [3.05, 3.63) is 90.0 Å². The summed E-state index contributed by atoms with van der Waals surface area (Å²) in [5.74, 6) is -0.273. The van der Waals surface area contributed by atoms with E-state index in [-0.39, 0.29) is 17.1 Å². The smallest absolute Gasteiger partial charge is 0.308 e. The lowest BCUT2D eigenvalue weighted by atomic mass is 10.0. The minimum Gasteiger partial charge on any atom is -0.493 e. The van der Waals surface area contributed by atoms with Crippen molar-refractivity contribution in [1.29, 1.82) is 0 Å². The molecule has 178 valence electrons. The van der Waals surface area contributed by atoms with Crippen LogP contribution in [0.15, 0.2) is 83.8 Å². The number of nitrogens with one attached hydrogen (secondary N) is 1. The molecule has 0 fully saturated rings. The molecule has 0 saturated heterocycles. The third kappa shape index (κ3) is 6.43. The molecule has 1 N–H and O–H groups in total. The molecule has 1 atom stereocenters. The second kappa shape index (κ2) is 11.4. The lowest BCUT2D eigenvalue weighted by Gasteiger charge is -2.20. The molecule has 9 heteroatoms. The Morgan fingerprint density at radius 2 is 1.47 bits per heavy atom. The molecule has 3 rings (SSSR count). The zero-order chi connectivity index (χ0) is 24.6. The van der Waals surface area contributed by atoms with E-state index in [4.69, 9.17) is 14.2 Å². The fourth-order valence-corrected chi connectivity index (χ4v) is 4.48. The van der Waals surface area contributed by atoms with Crippen LogP contribution in [0.25, 0.3) is 0 Å². The molecule has 3 aromatic rings. The third-order valence-corrected chi connectivity index (χ3v) is 6.48. The van der Waals surface area contributed by atoms with Crippen LogP contribution in [0.3, 0.4) is 0 Å². The highest BCUT2D eigenvalue weighted by Crippen LogP contribution is 2.31. The van der Waals surface area contributed by atoms with E-state index >= 15 is 0 Å². The van der Waals surface area contributed by atoms with Crippen LogP contribution in [0.2, 0.25) is 0 Å². The van der Waals surface area contributed by atoms with Gasteiger partial charge in [-0.05, 0) is 29.8 Å². The summed E-state index contributed by atoms with van der Waals surface area (Å²) < 4.78 is 44.2. The van der Waals surface area contributed by atoms with E-state index in [0.717, 1.165) is 0 Å². The fourth-order valence-electron chi connectivity index (χ4n) is 3.23. The number of methoxy groups -OCH3 is 2. The zero-order valence-electron chi connectivity index (χ0n) is 18.8. The first-order chi connectivity index (χ1) is 16.3. The Morgan fingerprint density at radius 1 is 0.853 bits per heavy atom. The number of Topliss-reactive ketones (excluding diaryl/α,β-unsaturated/α-hetero) is 1. The predicted molar refractivity (Wildman–Crippen MR) is 125 cm³/mol. The molecule has 0 spiro atoms. The number of esters is 1. The van der Waals surface area contributed by atoms with E-state index in [1.807, 2.05) is 0 Å². The average molecular weight is 484 g/mol. The number of carbonyl (C=O) groups is 2. The van der Waals surface area contributed by atoms with Crippen molar-refractivity contribution in [2.24, 2.45) is 0 Å². The summed E-state index contributed by atoms with van der Waals surface area (Å²) in [5.41, 5.74) is 0.875. The number of rotatable bonds is 11. The molecule has 3 aromatic carbocycles. The Balaban J connectivity index is 1.81. The van der Waals surface area contributed by atoms with Crippen LogP contribution in [0.1, 0.15) is 28.4 Å². The van der Waals surface area contributed by atoms with Crippen molar-refractivity contribution < 1.29 is 32.2 Å². The van der Waals surface area contributed by atoms with E-state index in [1.54, 1.807) is 66.7 Å². The summed E-state index contributed by atoms with van der Waals surface area (Å²) in [7, 11) is -1.03. The summed E-state index contributed by atoms with van der Waals surface area (Å²) >= 11 is 0. The maximum absolute atomic E-state index is 13.0. The minimum absolute atomic E-state index is 0.0492. The third-order valence-electron chi connectivity index (χ3n) is 4.99. The molecule has 0 aliphatic heterocycles. The minimum atomic E-state index is -3.96. The van der Waals surface area contributed by atoms with Crippen molar-refractivity contribution in [1.82, 2.24) is 4.72 Å². The van der Waals surface area contributed by atoms with Crippen molar-refractivity contribution in [2.75, 3.05) is 20.8 Å². The molecule has 0 aliphatic carbocycles. The summed E-state index contributed by atoms with van der Waals surface area (Å²) in [6.07, 6.45) is -0.344. The van der Waals surface area contributed by atoms with Gasteiger partial charge in [0.05, 0.1) is 31.6 Å². The standard InChI is InChI=1S/C25H25NO7S/c1-31-23-14-13-19(15-24(23)32-2)21(26-34(29,30)20-11-7-4-8-12-20)16-25(28)33-17-22(27)18-9-5-3-6-10-18/h3-15,21,26H,16-17H2,1-2H3/t21-/m0/s1. The second-order valence-corrected chi connectivity index (χ2v) is 8.97. The van der Waals surface area contributed by atoms with E-state index in [9.17, 15) is 18.0 Å². The number of sulfonamides is 1. The van der Waals surface area contributed by atoms with Gasteiger partial charge >= 0.3 is 5.97 Å². The van der Waals surface area contributed by atoms with Crippen LogP contribution < -0.4 is 14.2 Å². The Bertz CT molecular complexity index is 1230. The quantitative estimate of drug-likeness (QED) is 0.328. The van der Waals surface area contributed by atoms with Gasteiger partial charge in [-0.25, -0.2) is 13.1 Å². The molecule has 0 saturated carbocycles. The molecule has 0 aliphatic rings. The number of carbonyl (C=O) groups excluding carboxylic acids is 2. The first kappa shape index (κ1) is 24.9. The molecule has 0 heterocycles. The molecule has 0 unspecified atom stereocenters. The first-order valence-corrected chi connectivity index (χ1v) is 11.9. The monoisotopic (exact) mass is 483 g/mol. The molecule has 0 aromatic heterocycles. The van der Waals surface area contributed by atoms with Crippen LogP contribution in [0.5, 0.6) is 11.5 Å². The fraction of sp³-hybridized carbons (Fsp3) is 0.200. The average Bonchev–Trinajstić information content (AvgIpc) is 2.87. The van der Waals surface area contributed by atoms with Gasteiger partial charge < -0.3 is 14.2 Å². The maximum atomic E-state index is 13.0. The van der Waals surface area contributed by atoms with Gasteiger partial charge in [0, 0.05) is 5.56 Å². The van der Waals surface area contributed by atoms with Crippen LogP contribution in [0, 0.1) is 0 Å². The SMILES string of the molecule is COc1ccc([C@H](CC(=O)OCC(=O)c2ccccc2)NS(=O)(=O)c2ccccc2)cc1OC. The second-order valence-electron chi connectivity index (χ2n) is 7.26. The van der Waals surface area contributed by atoms with Crippen molar-refractivity contribution in [3.63, 3.8) is 0 Å². The van der Waals surface area contributed by atoms with Crippen LogP contribution in [0.4, 0.5) is 0 Å². The Kier molecular flexibility index (Phi) is 8.39. The largest absolute Gasteiger partial charge is 0.493 e. The Hall–Kier alpha value is -3.69. The maximum Gasteiger partial charge on any atom is 0.308 e. The van der Waals surface area contributed by atoms with Crippen molar-refractivity contribution >= 4 is 21.8 Å². The predicted octanol–water partition coefficient (Wildman–Crippen LogP) is 3.54. The summed E-state index contributed by atoms with van der Waals surface area (Å²) in [6, 6.07) is 20.1. The van der Waals surface area contributed by atoms with Crippen molar-refractivity contribution in [2.45, 2.75) is 17.4 Å². The molecule has 0 radical (unpaired) electrons. The van der Waals surface area contributed by atoms with E-state index < -0.39 is 28.6 Å². The van der Waals surface area contributed by atoms with Crippen LogP contribution >= 0.6 is 0 Å². The lowest BCUT2D eigenvalue weighted by Crippen LogP contribution is -2.31. The van der Waals surface area contributed by atoms with Gasteiger partial charge in [-0.1, -0.05) is 54.6 Å². The number of ether oxygens (including phenoxy) is 3. The summed E-state index contributed by atoms with van der Waals surface area (Å²) in [6.45, 7) is -0.451. The van der Waals surface area contributed by atoms with Gasteiger partial charge in [-0.3, -0.25) is 9.59 Å². The molecule has 8 nitrogen and oxygen atoms in total. The molecule has 0 bridgehead atoms. The van der Waals surface area contributed by atoms with Gasteiger partial charge in [0.25, 0.3) is 0 Å². The molecule has 34 heavy (non-hydrogen) atoms. The van der Waals surface area contributed by atoms with Gasteiger partial charge in [-0.15, -0.1) is 0 Å². The molecular formula is C25H25NO7S. The molecular weight excluding hydrogens is 458 g/mol. The summed E-state index contributed by atoms with van der Waals surface area (Å²) in [4.78, 5) is 24.9. The highest BCUT2D eigenvalue weighted by Gasteiger charge is 2.26. The van der Waals surface area contributed by atoms with E-state index in [2.05, 4.69) is 4.72 Å². The number of ketones is 1. The van der Waals surface area contributed by atoms with Gasteiger partial charge in [-0.2, -0.15) is 0 Å². The Labute approximate surface area is 198 Å². The number of hydrogen-bond acceptors (Lipinski definition) is 7. The summed E-state index contributed by atoms with van der Waals surface area (Å²) in [5, 5.41) is 0. The Morgan fingerprint density at radius 3 is 2.09 bits per heavy atom. The van der Waals surface area contributed by atoms with Gasteiger partial charge in [0.1, 0.15) is 0 Å². The van der Waals surface area contributed by atoms with E-state index in [1.165, 1.54) is 26.4 Å². The lowest BCUT2D eigenvalue weighted by molar-refractivity contribution is -0.143. The zero-order valence-corrected chi connectivity index (χ0v) is 19.6. The van der Waals surface area contributed by atoms with Crippen LogP contribution in [-0.2, 0) is 19.6 Å². The topological polar surface area (TPSA) is 108 Å². The van der Waals surface area contributed by atoms with Crippen LogP contribution in [-0.4, -0.2) is 41.0 Å².